The van der Waals surface area contributed by atoms with E-state index < -0.39 is 5.97 Å². The smallest absolute Gasteiger partial charge is 0.336 e. The molecule has 0 aromatic carbocycles. The van der Waals surface area contributed by atoms with Gasteiger partial charge in [0, 0.05) is 6.42 Å². The molecule has 4 nitrogen and oxygen atoms in total. The summed E-state index contributed by atoms with van der Waals surface area (Å²) in [4.78, 5) is 10.3. The zero-order valence-electron chi connectivity index (χ0n) is 5.46. The Bertz CT molecular complexity index is 176. The van der Waals surface area contributed by atoms with Crippen molar-refractivity contribution in [3.8, 4) is 0 Å². The summed E-state index contributed by atoms with van der Waals surface area (Å²) in [6.45, 7) is 0.603. The average molecular weight is 143 g/mol. The maximum Gasteiger partial charge on any atom is 0.336 e. The summed E-state index contributed by atoms with van der Waals surface area (Å²) in [5.41, 5.74) is 0.247. The van der Waals surface area contributed by atoms with Crippen molar-refractivity contribution in [2.45, 2.75) is 6.42 Å². The summed E-state index contributed by atoms with van der Waals surface area (Å²) in [5.74, 6) is -0.965. The maximum absolute atomic E-state index is 10.7. The number of hydrogen-bond acceptors (Lipinski definition) is 2. The van der Waals surface area contributed by atoms with Crippen molar-refractivity contribution in [3.05, 3.63) is 16.9 Å². The Labute approximate surface area is 58.3 Å². The number of nitrogens with one attached hydrogen (secondary N) is 1. The number of quaternary nitrogens is 1. The molecule has 1 atom stereocenters. The normalized spacial score (nSPS) is 25.7. The van der Waals surface area contributed by atoms with E-state index in [0.717, 1.165) is 0 Å². The number of rotatable bonds is 1. The van der Waals surface area contributed by atoms with Crippen LogP contribution >= 0.6 is 0 Å². The highest BCUT2D eigenvalue weighted by molar-refractivity contribution is 5.86. The topological polar surface area (TPSA) is 64.8 Å². The molecule has 0 aliphatic carbocycles. The Hall–Kier alpha value is -0.870. The van der Waals surface area contributed by atoms with Crippen molar-refractivity contribution in [1.29, 1.82) is 0 Å². The van der Waals surface area contributed by atoms with Crippen LogP contribution in [0.2, 0.25) is 0 Å². The van der Waals surface area contributed by atoms with Crippen LogP contribution in [0.4, 0.5) is 0 Å². The van der Waals surface area contributed by atoms with Crippen LogP contribution in [0, 0.1) is 5.21 Å². The Balaban J connectivity index is 2.60. The van der Waals surface area contributed by atoms with Crippen LogP contribution in [0.25, 0.3) is 0 Å². The van der Waals surface area contributed by atoms with Crippen LogP contribution < -0.4 is 5.06 Å². The highest BCUT2D eigenvalue weighted by Gasteiger charge is 2.14. The van der Waals surface area contributed by atoms with Gasteiger partial charge in [0.15, 0.2) is 0 Å². The van der Waals surface area contributed by atoms with E-state index in [1.165, 1.54) is 0 Å². The minimum atomic E-state index is -0.965. The van der Waals surface area contributed by atoms with Crippen molar-refractivity contribution in [2.75, 3.05) is 13.1 Å². The molecule has 0 bridgehead atoms. The van der Waals surface area contributed by atoms with Crippen molar-refractivity contribution in [3.63, 3.8) is 0 Å². The molecule has 0 fully saturated rings. The van der Waals surface area contributed by atoms with Crippen LogP contribution in [0.15, 0.2) is 11.6 Å². The lowest BCUT2D eigenvalue weighted by Crippen LogP contribution is -3.08. The highest BCUT2D eigenvalue weighted by atomic mass is 16.5. The lowest BCUT2D eigenvalue weighted by atomic mass is 10.1. The molecule has 1 aliphatic heterocycles. The van der Waals surface area contributed by atoms with E-state index in [-0.39, 0.29) is 17.2 Å². The van der Waals surface area contributed by atoms with Gasteiger partial charge in [0.25, 0.3) is 0 Å². The van der Waals surface area contributed by atoms with E-state index in [4.69, 9.17) is 5.11 Å². The van der Waals surface area contributed by atoms with Crippen LogP contribution in [-0.4, -0.2) is 24.2 Å². The van der Waals surface area contributed by atoms with E-state index in [2.05, 4.69) is 0 Å². The maximum atomic E-state index is 10.7. The zero-order valence-corrected chi connectivity index (χ0v) is 5.46. The summed E-state index contributed by atoms with van der Waals surface area (Å²) in [5, 5.41) is 19.1. The molecule has 0 amide bonds. The summed E-state index contributed by atoms with van der Waals surface area (Å²) < 4.78 is 0. The van der Waals surface area contributed by atoms with Crippen molar-refractivity contribution < 1.29 is 15.0 Å². The number of hydrogen-bond donors (Lipinski definition) is 2. The van der Waals surface area contributed by atoms with Crippen LogP contribution in [-0.2, 0) is 4.79 Å². The van der Waals surface area contributed by atoms with Gasteiger partial charge in [-0.2, -0.15) is 0 Å². The van der Waals surface area contributed by atoms with Crippen molar-refractivity contribution in [2.24, 2.45) is 0 Å². The van der Waals surface area contributed by atoms with E-state index in [9.17, 15) is 10.0 Å². The second-order valence-electron chi connectivity index (χ2n) is 2.29. The molecular formula is C6H9NO3. The quantitative estimate of drug-likeness (QED) is 0.452. The van der Waals surface area contributed by atoms with E-state index in [0.29, 0.717) is 13.0 Å². The Morgan fingerprint density at radius 2 is 2.50 bits per heavy atom. The number of aliphatic carboxylic acids is 1. The van der Waals surface area contributed by atoms with Crippen LogP contribution in [0.1, 0.15) is 6.42 Å². The van der Waals surface area contributed by atoms with Crippen LogP contribution in [0.3, 0.4) is 0 Å². The molecule has 56 valence electrons. The average Bonchev–Trinajstić information content (AvgIpc) is 1.88. The lowest BCUT2D eigenvalue weighted by molar-refractivity contribution is -0.843. The van der Waals surface area contributed by atoms with Gasteiger partial charge in [-0.05, 0) is 0 Å². The third-order valence-corrected chi connectivity index (χ3v) is 1.48. The van der Waals surface area contributed by atoms with Gasteiger partial charge in [-0.1, -0.05) is 6.08 Å². The molecule has 0 aromatic rings. The van der Waals surface area contributed by atoms with Gasteiger partial charge in [0.05, 0.1) is 12.1 Å². The molecule has 1 unspecified atom stereocenters. The van der Waals surface area contributed by atoms with Crippen molar-refractivity contribution >= 4 is 5.97 Å². The molecule has 0 radical (unpaired) electrons. The predicted octanol–water partition coefficient (Wildman–Crippen LogP) is -1.22. The van der Waals surface area contributed by atoms with E-state index in [1.807, 2.05) is 0 Å². The van der Waals surface area contributed by atoms with Gasteiger partial charge in [0.1, 0.15) is 6.54 Å². The van der Waals surface area contributed by atoms with Gasteiger partial charge in [-0.25, -0.2) is 4.79 Å². The summed E-state index contributed by atoms with van der Waals surface area (Å²) >= 11 is 0. The zero-order chi connectivity index (χ0) is 7.56. The Kier molecular flexibility index (Phi) is 2.03. The first-order chi connectivity index (χ1) is 4.70. The third-order valence-electron chi connectivity index (χ3n) is 1.48. The number of carboxylic acid groups (broad SMARTS) is 1. The summed E-state index contributed by atoms with van der Waals surface area (Å²) in [7, 11) is 0. The second kappa shape index (κ2) is 2.81. The molecule has 0 spiro atoms. The van der Waals surface area contributed by atoms with Gasteiger partial charge >= 0.3 is 5.97 Å². The van der Waals surface area contributed by atoms with Gasteiger partial charge in [-0.3, -0.25) is 0 Å². The molecule has 10 heavy (non-hydrogen) atoms. The predicted molar refractivity (Wildman–Crippen MR) is 34.4 cm³/mol. The number of hydroxylamine groups is 2. The summed E-state index contributed by atoms with van der Waals surface area (Å²) in [6, 6.07) is 0. The van der Waals surface area contributed by atoms with Gasteiger partial charge < -0.3 is 15.4 Å². The van der Waals surface area contributed by atoms with Crippen LogP contribution in [0.5, 0.6) is 0 Å². The largest absolute Gasteiger partial charge is 0.634 e. The second-order valence-corrected chi connectivity index (χ2v) is 2.29. The molecule has 2 N–H and O–H groups in total. The molecule has 0 aromatic heterocycles. The Morgan fingerprint density at radius 3 is 2.90 bits per heavy atom. The van der Waals surface area contributed by atoms with Crippen molar-refractivity contribution in [1.82, 2.24) is 0 Å². The molecule has 0 saturated heterocycles. The molecule has 1 rings (SSSR count). The number of carboxylic acids is 1. The standard InChI is InChI=1S/C6H9NO3/c8-6(9)5-2-1-3-7(10)4-5/h2,7H,1,3-4H2,(H,8,9). The first-order valence-electron chi connectivity index (χ1n) is 3.14. The molecule has 1 heterocycles. The van der Waals surface area contributed by atoms with E-state index >= 15 is 0 Å². The fraction of sp³-hybridized carbons (Fsp3) is 0.500. The number of carbonyl (C=O) groups is 1. The minimum absolute atomic E-state index is 0.0277. The molecular weight excluding hydrogens is 134 g/mol. The van der Waals surface area contributed by atoms with Gasteiger partial charge in [-0.15, -0.1) is 0 Å². The first kappa shape index (κ1) is 7.24. The lowest BCUT2D eigenvalue weighted by Gasteiger charge is -2.24. The highest BCUT2D eigenvalue weighted by Crippen LogP contribution is 1.96. The fourth-order valence-electron chi connectivity index (χ4n) is 0.943. The molecule has 4 heteroatoms. The SMILES string of the molecule is O=C(O)C1=CCC[NH+]([O-])C1. The Morgan fingerprint density at radius 1 is 1.80 bits per heavy atom. The summed E-state index contributed by atoms with van der Waals surface area (Å²) in [6.07, 6.45) is 2.20. The molecule has 0 saturated carbocycles. The first-order valence-corrected chi connectivity index (χ1v) is 3.14. The molecule has 1 aliphatic rings. The minimum Gasteiger partial charge on any atom is -0.634 e. The van der Waals surface area contributed by atoms with Gasteiger partial charge in [0.2, 0.25) is 0 Å². The third kappa shape index (κ3) is 1.55. The fourth-order valence-corrected chi connectivity index (χ4v) is 0.943. The van der Waals surface area contributed by atoms with E-state index in [1.54, 1.807) is 6.08 Å². The monoisotopic (exact) mass is 143 g/mol.